The Morgan fingerprint density at radius 1 is 1.39 bits per heavy atom. The van der Waals surface area contributed by atoms with E-state index in [1.807, 2.05) is 24.3 Å². The van der Waals surface area contributed by atoms with E-state index in [2.05, 4.69) is 24.1 Å². The molecule has 0 aromatic heterocycles. The van der Waals surface area contributed by atoms with Crippen LogP contribution < -0.4 is 5.32 Å². The van der Waals surface area contributed by atoms with Gasteiger partial charge in [0.1, 0.15) is 0 Å². The van der Waals surface area contributed by atoms with Gasteiger partial charge in [0.05, 0.1) is 5.38 Å². The number of nitrogens with one attached hydrogen (secondary N) is 1. The third-order valence-electron chi connectivity index (χ3n) is 2.88. The fourth-order valence-corrected chi connectivity index (χ4v) is 2.16. The maximum absolute atomic E-state index is 11.0. The predicted molar refractivity (Wildman–Crippen MR) is 77.1 cm³/mol. The summed E-state index contributed by atoms with van der Waals surface area (Å²) in [6, 6.07) is 7.71. The number of nitrogens with zero attached hydrogens (tertiary/aromatic N) is 1. The van der Waals surface area contributed by atoms with E-state index in [0.29, 0.717) is 0 Å². The fraction of sp³-hybridized carbons (Fsp3) is 0.500. The van der Waals surface area contributed by atoms with E-state index in [9.17, 15) is 4.79 Å². The topological polar surface area (TPSA) is 32.3 Å². The summed E-state index contributed by atoms with van der Waals surface area (Å²) in [4.78, 5) is 13.3. The van der Waals surface area contributed by atoms with E-state index < -0.39 is 0 Å². The molecule has 0 spiro atoms. The van der Waals surface area contributed by atoms with E-state index in [-0.39, 0.29) is 11.3 Å². The molecule has 1 atom stereocenters. The molecule has 18 heavy (non-hydrogen) atoms. The second-order valence-electron chi connectivity index (χ2n) is 4.26. The van der Waals surface area contributed by atoms with Crippen molar-refractivity contribution in [3.8, 4) is 0 Å². The molecule has 0 aliphatic rings. The lowest BCUT2D eigenvalue weighted by Crippen LogP contribution is -2.26. The highest BCUT2D eigenvalue weighted by atomic mass is 35.5. The zero-order valence-corrected chi connectivity index (χ0v) is 12.0. The monoisotopic (exact) mass is 268 g/mol. The molecule has 100 valence electrons. The Kier molecular flexibility index (Phi) is 6.16. The van der Waals surface area contributed by atoms with Gasteiger partial charge < -0.3 is 10.2 Å². The Morgan fingerprint density at radius 2 is 2.06 bits per heavy atom. The molecule has 0 aliphatic carbocycles. The number of rotatable bonds is 6. The highest BCUT2D eigenvalue weighted by Gasteiger charge is 2.12. The van der Waals surface area contributed by atoms with E-state index in [1.165, 1.54) is 6.92 Å². The number of carbonyl (C=O) groups excluding carboxylic acids is 1. The van der Waals surface area contributed by atoms with Gasteiger partial charge in [-0.1, -0.05) is 26.0 Å². The number of amides is 1. The van der Waals surface area contributed by atoms with Crippen LogP contribution in [0.4, 0.5) is 5.69 Å². The molecule has 1 aromatic rings. The molecule has 0 fully saturated rings. The van der Waals surface area contributed by atoms with Crippen LogP contribution >= 0.6 is 11.6 Å². The van der Waals surface area contributed by atoms with E-state index in [1.54, 1.807) is 0 Å². The minimum atomic E-state index is -0.0676. The number of benzene rings is 1. The molecule has 3 nitrogen and oxygen atoms in total. The standard InChI is InChI=1S/C14H21ClN2O/c1-4-17(5-2)10-14(15)12-7-6-8-13(9-12)16-11(3)18/h6-9,14H,4-5,10H2,1-3H3,(H,16,18). The Morgan fingerprint density at radius 3 is 2.61 bits per heavy atom. The first-order chi connectivity index (χ1) is 8.56. The van der Waals surface area contributed by atoms with Gasteiger partial charge in [-0.05, 0) is 30.8 Å². The largest absolute Gasteiger partial charge is 0.326 e. The van der Waals surface area contributed by atoms with Gasteiger partial charge in [0, 0.05) is 19.2 Å². The quantitative estimate of drug-likeness (QED) is 0.803. The first kappa shape index (κ1) is 15.0. The van der Waals surface area contributed by atoms with Crippen molar-refractivity contribution in [2.45, 2.75) is 26.1 Å². The molecule has 4 heteroatoms. The van der Waals surface area contributed by atoms with Crippen molar-refractivity contribution in [3.63, 3.8) is 0 Å². The smallest absolute Gasteiger partial charge is 0.221 e. The van der Waals surface area contributed by atoms with Gasteiger partial charge in [0.25, 0.3) is 0 Å². The summed E-state index contributed by atoms with van der Waals surface area (Å²) in [5, 5.41) is 2.71. The zero-order chi connectivity index (χ0) is 13.5. The predicted octanol–water partition coefficient (Wildman–Crippen LogP) is 3.27. The van der Waals surface area contributed by atoms with Crippen molar-refractivity contribution in [2.24, 2.45) is 0 Å². The van der Waals surface area contributed by atoms with Crippen LogP contribution in [0.3, 0.4) is 0 Å². The van der Waals surface area contributed by atoms with Crippen molar-refractivity contribution in [1.29, 1.82) is 0 Å². The molecule has 1 amide bonds. The van der Waals surface area contributed by atoms with Crippen molar-refractivity contribution in [2.75, 3.05) is 25.0 Å². The summed E-state index contributed by atoms with van der Waals surface area (Å²) in [5.41, 5.74) is 1.83. The molecule has 1 unspecified atom stereocenters. The molecule has 0 bridgehead atoms. The molecule has 0 heterocycles. The molecule has 1 aromatic carbocycles. The zero-order valence-electron chi connectivity index (χ0n) is 11.2. The van der Waals surface area contributed by atoms with E-state index in [0.717, 1.165) is 30.9 Å². The van der Waals surface area contributed by atoms with Crippen LogP contribution in [0, 0.1) is 0 Å². The van der Waals surface area contributed by atoms with E-state index >= 15 is 0 Å². The summed E-state index contributed by atoms with van der Waals surface area (Å²) < 4.78 is 0. The Labute approximate surface area is 114 Å². The lowest BCUT2D eigenvalue weighted by atomic mass is 10.1. The summed E-state index contributed by atoms with van der Waals surface area (Å²) in [6.07, 6.45) is 0. The molecular formula is C14H21ClN2O. The van der Waals surface area contributed by atoms with Gasteiger partial charge in [0.15, 0.2) is 0 Å². The molecule has 0 radical (unpaired) electrons. The first-order valence-electron chi connectivity index (χ1n) is 6.30. The van der Waals surface area contributed by atoms with Crippen LogP contribution in [0.5, 0.6) is 0 Å². The number of halogens is 1. The Balaban J connectivity index is 2.73. The van der Waals surface area contributed by atoms with Gasteiger partial charge >= 0.3 is 0 Å². The second kappa shape index (κ2) is 7.39. The molecule has 0 saturated carbocycles. The Hall–Kier alpha value is -1.06. The van der Waals surface area contributed by atoms with Crippen molar-refractivity contribution >= 4 is 23.2 Å². The van der Waals surface area contributed by atoms with Gasteiger partial charge in [0.2, 0.25) is 5.91 Å². The lowest BCUT2D eigenvalue weighted by Gasteiger charge is -2.21. The van der Waals surface area contributed by atoms with Gasteiger partial charge in [-0.25, -0.2) is 0 Å². The highest BCUT2D eigenvalue weighted by molar-refractivity contribution is 6.21. The van der Waals surface area contributed by atoms with Crippen LogP contribution in [0.15, 0.2) is 24.3 Å². The van der Waals surface area contributed by atoms with Crippen LogP contribution in [0.2, 0.25) is 0 Å². The van der Waals surface area contributed by atoms with Crippen LogP contribution in [-0.2, 0) is 4.79 Å². The number of carbonyl (C=O) groups is 1. The fourth-order valence-electron chi connectivity index (χ4n) is 1.83. The SMILES string of the molecule is CCN(CC)CC(Cl)c1cccc(NC(C)=O)c1. The molecule has 1 rings (SSSR count). The van der Waals surface area contributed by atoms with Crippen molar-refractivity contribution in [3.05, 3.63) is 29.8 Å². The maximum Gasteiger partial charge on any atom is 0.221 e. The van der Waals surface area contributed by atoms with E-state index in [4.69, 9.17) is 11.6 Å². The van der Waals surface area contributed by atoms with Crippen LogP contribution in [0.25, 0.3) is 0 Å². The number of hydrogen-bond donors (Lipinski definition) is 1. The summed E-state index contributed by atoms with van der Waals surface area (Å²) in [5.74, 6) is -0.0676. The minimum Gasteiger partial charge on any atom is -0.326 e. The third-order valence-corrected chi connectivity index (χ3v) is 3.27. The average Bonchev–Trinajstić information content (AvgIpc) is 2.35. The van der Waals surface area contributed by atoms with Crippen LogP contribution in [0.1, 0.15) is 31.7 Å². The second-order valence-corrected chi connectivity index (χ2v) is 4.79. The lowest BCUT2D eigenvalue weighted by molar-refractivity contribution is -0.114. The number of alkyl halides is 1. The summed E-state index contributed by atoms with van der Waals surface area (Å²) in [6.45, 7) is 8.55. The molecular weight excluding hydrogens is 248 g/mol. The first-order valence-corrected chi connectivity index (χ1v) is 6.74. The van der Waals surface area contributed by atoms with Gasteiger partial charge in [-0.3, -0.25) is 4.79 Å². The van der Waals surface area contributed by atoms with Gasteiger partial charge in [-0.15, -0.1) is 11.6 Å². The summed E-state index contributed by atoms with van der Waals surface area (Å²) >= 11 is 6.41. The Bertz CT molecular complexity index is 391. The molecule has 0 saturated heterocycles. The molecule has 1 N–H and O–H groups in total. The average molecular weight is 269 g/mol. The normalized spacial score (nSPS) is 12.5. The van der Waals surface area contributed by atoms with Gasteiger partial charge in [-0.2, -0.15) is 0 Å². The minimum absolute atomic E-state index is 0.0568. The van der Waals surface area contributed by atoms with Crippen molar-refractivity contribution in [1.82, 2.24) is 4.90 Å². The number of hydrogen-bond acceptors (Lipinski definition) is 2. The van der Waals surface area contributed by atoms with Crippen molar-refractivity contribution < 1.29 is 4.79 Å². The number of likely N-dealkylation sites (N-methyl/N-ethyl adjacent to an activating group) is 1. The summed E-state index contributed by atoms with van der Waals surface area (Å²) in [7, 11) is 0. The molecule has 0 aliphatic heterocycles. The third kappa shape index (κ3) is 4.67. The highest BCUT2D eigenvalue weighted by Crippen LogP contribution is 2.24. The number of anilines is 1. The van der Waals surface area contributed by atoms with Crippen LogP contribution in [-0.4, -0.2) is 30.4 Å². The maximum atomic E-state index is 11.0.